The van der Waals surface area contributed by atoms with Crippen molar-refractivity contribution >= 4 is 24.4 Å². The Morgan fingerprint density at radius 1 is 0.579 bits per heavy atom. The maximum atomic E-state index is 11.3. The summed E-state index contributed by atoms with van der Waals surface area (Å²) in [7, 11) is -1.74. The van der Waals surface area contributed by atoms with Crippen LogP contribution in [0, 0.1) is 0 Å². The maximum absolute atomic E-state index is 11.3. The van der Waals surface area contributed by atoms with Crippen molar-refractivity contribution in [3.05, 3.63) is 0 Å². The zero-order valence-electron chi connectivity index (χ0n) is 14.3. The van der Waals surface area contributed by atoms with Crippen LogP contribution in [0.3, 0.4) is 0 Å². The molecule has 246 valence electrons. The first-order valence-corrected chi connectivity index (χ1v) is 13.1. The molecule has 4 fully saturated rings. The predicted octanol–water partition coefficient (Wildman–Crippen LogP) is 11.2. The zero-order valence-corrected chi connectivity index (χ0v) is 17.1. The minimum Gasteiger partial charge on any atom is -0.373 e. The molecular formula is C28H79O7P3+2. The van der Waals surface area contributed by atoms with Gasteiger partial charge in [-0.3, -0.25) is 0 Å². The Bertz CT molecular complexity index is 416. The van der Waals surface area contributed by atoms with Gasteiger partial charge in [0.2, 0.25) is 0 Å². The van der Waals surface area contributed by atoms with Gasteiger partial charge in [0.05, 0.1) is 32.0 Å². The number of epoxide rings is 4. The van der Waals surface area contributed by atoms with E-state index in [4.69, 9.17) is 23.5 Å². The fraction of sp³-hybridized carbons (Fsp3) is 1.00. The molecule has 0 spiro atoms. The maximum Gasteiger partial charge on any atom is 0.372 e. The second kappa shape index (κ2) is 39.6. The molecule has 4 aliphatic heterocycles. The lowest BCUT2D eigenvalue weighted by Gasteiger charge is -2.00. The molecule has 7 atom stereocenters. The second-order valence-corrected chi connectivity index (χ2v) is 11.2. The lowest BCUT2D eigenvalue weighted by atomic mass is 10.4. The van der Waals surface area contributed by atoms with Crippen molar-refractivity contribution in [2.75, 3.05) is 51.5 Å². The molecule has 7 unspecified atom stereocenters. The molecule has 0 bridgehead atoms. The van der Waals surface area contributed by atoms with E-state index in [1.165, 1.54) is 6.42 Å². The Balaban J connectivity index is -0.0000000318. The molecule has 4 heterocycles. The SMILES string of the molecule is C.C.C.C.C.C.C.C.C.C.C.C.C.C(CC1CO1)OPCCC1CO1.O=[P+](CCC[P+](=O)C1CO1)C1CO1. The molecule has 0 N–H and O–H groups in total. The Hall–Kier alpha value is 0.430. The van der Waals surface area contributed by atoms with Crippen LogP contribution in [0.25, 0.3) is 0 Å². The number of hydrogen-bond acceptors (Lipinski definition) is 7. The van der Waals surface area contributed by atoms with Gasteiger partial charge in [0.1, 0.15) is 13.2 Å². The van der Waals surface area contributed by atoms with Crippen LogP contribution in [0.5, 0.6) is 0 Å². The summed E-state index contributed by atoms with van der Waals surface area (Å²) in [6.07, 6.45) is 6.56. The van der Waals surface area contributed by atoms with Crippen molar-refractivity contribution in [1.82, 2.24) is 0 Å². The van der Waals surface area contributed by atoms with Gasteiger partial charge in [-0.25, -0.2) is 0 Å². The van der Waals surface area contributed by atoms with E-state index in [0.717, 1.165) is 38.8 Å². The summed E-state index contributed by atoms with van der Waals surface area (Å²) in [5.74, 6) is 0.00936. The Kier molecular flexibility index (Phi) is 74.5. The smallest absolute Gasteiger partial charge is 0.372 e. The van der Waals surface area contributed by atoms with Crippen molar-refractivity contribution in [2.45, 2.75) is 140 Å². The quantitative estimate of drug-likeness (QED) is 0.115. The number of ether oxygens (including phenoxy) is 4. The van der Waals surface area contributed by atoms with Gasteiger partial charge >= 0.3 is 15.6 Å². The average Bonchev–Trinajstić information content (AvgIpc) is 3.49. The average molecular weight is 621 g/mol. The van der Waals surface area contributed by atoms with Crippen molar-refractivity contribution < 1.29 is 32.6 Å². The van der Waals surface area contributed by atoms with E-state index in [9.17, 15) is 9.13 Å². The first kappa shape index (κ1) is 71.6. The van der Waals surface area contributed by atoms with Crippen LogP contribution in [0.4, 0.5) is 0 Å². The van der Waals surface area contributed by atoms with Crippen molar-refractivity contribution in [1.29, 1.82) is 0 Å². The molecule has 7 nitrogen and oxygen atoms in total. The van der Waals surface area contributed by atoms with Gasteiger partial charge in [-0.1, -0.05) is 106 Å². The molecule has 0 aromatic rings. The molecule has 0 saturated carbocycles. The Labute approximate surface area is 248 Å². The van der Waals surface area contributed by atoms with E-state index in [-0.39, 0.29) is 108 Å². The van der Waals surface area contributed by atoms with Crippen LogP contribution in [0.1, 0.15) is 116 Å². The van der Waals surface area contributed by atoms with E-state index in [1.54, 1.807) is 0 Å². The van der Waals surface area contributed by atoms with E-state index < -0.39 is 15.6 Å². The molecule has 0 aromatic heterocycles. The van der Waals surface area contributed by atoms with Crippen LogP contribution in [0.2, 0.25) is 0 Å². The molecule has 4 saturated heterocycles. The van der Waals surface area contributed by atoms with Crippen LogP contribution in [-0.4, -0.2) is 75.4 Å². The molecule has 4 rings (SSSR count). The highest BCUT2D eigenvalue weighted by Crippen LogP contribution is 2.41. The summed E-state index contributed by atoms with van der Waals surface area (Å²) in [5.41, 5.74) is 0. The van der Waals surface area contributed by atoms with Crippen molar-refractivity contribution in [2.24, 2.45) is 0 Å². The third kappa shape index (κ3) is 36.4. The molecule has 4 aliphatic rings. The lowest BCUT2D eigenvalue weighted by Crippen LogP contribution is -1.93. The van der Waals surface area contributed by atoms with Gasteiger partial charge in [-0.15, -0.1) is 0 Å². The van der Waals surface area contributed by atoms with Crippen molar-refractivity contribution in [3.63, 3.8) is 0 Å². The predicted molar refractivity (Wildman–Crippen MR) is 184 cm³/mol. The summed E-state index contributed by atoms with van der Waals surface area (Å²) in [6.45, 7) is 4.08. The van der Waals surface area contributed by atoms with Gasteiger partial charge in [0, 0.05) is 15.2 Å². The summed E-state index contributed by atoms with van der Waals surface area (Å²) in [5, 5.41) is 0. The van der Waals surface area contributed by atoms with Crippen LogP contribution >= 0.6 is 24.4 Å². The molecule has 0 amide bonds. The summed E-state index contributed by atoms with van der Waals surface area (Å²) in [4.78, 5) is 0. The highest BCUT2D eigenvalue weighted by Gasteiger charge is 2.45. The lowest BCUT2D eigenvalue weighted by molar-refractivity contribution is 0.310. The number of rotatable bonds is 13. The van der Waals surface area contributed by atoms with E-state index in [1.807, 2.05) is 0 Å². The van der Waals surface area contributed by atoms with Crippen LogP contribution in [0.15, 0.2) is 0 Å². The highest BCUT2D eigenvalue weighted by molar-refractivity contribution is 7.46. The minimum atomic E-state index is -1.20. The van der Waals surface area contributed by atoms with Gasteiger partial charge in [-0.2, -0.15) is 0 Å². The molecular weight excluding hydrogens is 541 g/mol. The van der Waals surface area contributed by atoms with Crippen LogP contribution < -0.4 is 0 Å². The van der Waals surface area contributed by atoms with E-state index in [0.29, 0.717) is 46.6 Å². The Morgan fingerprint density at radius 2 is 0.921 bits per heavy atom. The van der Waals surface area contributed by atoms with Gasteiger partial charge in [-0.05, 0) is 19.0 Å². The van der Waals surface area contributed by atoms with Crippen molar-refractivity contribution in [3.8, 4) is 0 Å². The monoisotopic (exact) mass is 621 g/mol. The largest absolute Gasteiger partial charge is 0.373 e. The summed E-state index contributed by atoms with van der Waals surface area (Å²) in [6, 6.07) is 0. The third-order valence-electron chi connectivity index (χ3n) is 4.05. The highest BCUT2D eigenvalue weighted by atomic mass is 31.1. The minimum absolute atomic E-state index is 0. The fourth-order valence-corrected chi connectivity index (χ4v) is 5.56. The van der Waals surface area contributed by atoms with E-state index in [2.05, 4.69) is 0 Å². The molecule has 0 aromatic carbocycles. The fourth-order valence-electron chi connectivity index (χ4n) is 2.11. The molecule has 38 heavy (non-hydrogen) atoms. The van der Waals surface area contributed by atoms with Gasteiger partial charge in [0.15, 0.2) is 12.3 Å². The third-order valence-corrected chi connectivity index (χ3v) is 8.34. The summed E-state index contributed by atoms with van der Waals surface area (Å²) < 4.78 is 48.0. The first-order valence-electron chi connectivity index (χ1n) is 8.91. The molecule has 0 aliphatic carbocycles. The topological polar surface area (TPSA) is 93.5 Å². The summed E-state index contributed by atoms with van der Waals surface area (Å²) >= 11 is 0. The normalized spacial score (nSPS) is 21.6. The standard InChI is InChI=1S/C8H15O3P.C7H12O4P2.13CH4/c1(7-5-9-7)3-11-12-4-2-8-6-10-8;8-12(6-4-10-6)2-1-3-13(9)7-5-11-7;;;;;;;;;;;;;/h7-8,12H,1-6H2;6-7H,1-5H2;13*1H4/q;+2;;;;;;;;;;;;;. The first-order chi connectivity index (χ1) is 12.2. The van der Waals surface area contributed by atoms with Gasteiger partial charge < -0.3 is 23.5 Å². The van der Waals surface area contributed by atoms with E-state index >= 15 is 0 Å². The molecule has 0 radical (unpaired) electrons. The van der Waals surface area contributed by atoms with Gasteiger partial charge in [0.25, 0.3) is 11.7 Å². The molecule has 10 heteroatoms. The zero-order chi connectivity index (χ0) is 17.5. The second-order valence-electron chi connectivity index (χ2n) is 6.44. The number of hydrogen-bond donors (Lipinski definition) is 0. The van der Waals surface area contributed by atoms with Crippen LogP contribution in [-0.2, 0) is 32.6 Å². The Morgan fingerprint density at radius 3 is 1.24 bits per heavy atom.